The molecule has 1 aliphatic rings. The van der Waals surface area contributed by atoms with Gasteiger partial charge >= 0.3 is 0 Å². The summed E-state index contributed by atoms with van der Waals surface area (Å²) < 4.78 is 16.0. The molecular weight excluding hydrogens is 411 g/mol. The van der Waals surface area contributed by atoms with Crippen molar-refractivity contribution >= 4 is 22.9 Å². The number of halogens is 1. The zero-order chi connectivity index (χ0) is 21.4. The van der Waals surface area contributed by atoms with Crippen LogP contribution in [0.4, 0.5) is 4.39 Å². The quantitative estimate of drug-likeness (QED) is 0.476. The van der Waals surface area contributed by atoms with E-state index in [1.165, 1.54) is 10.9 Å². The Labute approximate surface area is 184 Å². The molecule has 5 rings (SSSR count). The lowest BCUT2D eigenvalue weighted by Crippen LogP contribution is -2.48. The SMILES string of the molecule is Cc1cccc2nc(C(=O)N3CCN(Cc4ccc(-c5ccccc5F)s4)CC3)cn12. The molecule has 31 heavy (non-hydrogen) atoms. The van der Waals surface area contributed by atoms with Gasteiger partial charge in [-0.25, -0.2) is 9.37 Å². The first-order valence-electron chi connectivity index (χ1n) is 10.4. The Hall–Kier alpha value is -3.03. The van der Waals surface area contributed by atoms with Gasteiger partial charge in [0, 0.05) is 59.9 Å². The standard InChI is InChI=1S/C24H23FN4OS/c1-17-5-4-8-23-26-21(16-29(17)23)24(30)28-13-11-27(12-14-28)15-18-9-10-22(31-18)19-6-2-3-7-20(19)25/h2-10,16H,11-15H2,1H3. The Morgan fingerprint density at radius 2 is 1.84 bits per heavy atom. The molecule has 158 valence electrons. The normalized spacial score (nSPS) is 15.0. The number of hydrogen-bond acceptors (Lipinski definition) is 4. The van der Waals surface area contributed by atoms with Crippen LogP contribution in [0.2, 0.25) is 0 Å². The highest BCUT2D eigenvalue weighted by Gasteiger charge is 2.24. The van der Waals surface area contributed by atoms with Gasteiger partial charge < -0.3 is 9.30 Å². The van der Waals surface area contributed by atoms with E-state index in [0.717, 1.165) is 35.9 Å². The summed E-state index contributed by atoms with van der Waals surface area (Å²) in [5.41, 5.74) is 3.00. The van der Waals surface area contributed by atoms with Crippen molar-refractivity contribution in [3.63, 3.8) is 0 Å². The molecule has 0 bridgehead atoms. The van der Waals surface area contributed by atoms with Gasteiger partial charge in [-0.2, -0.15) is 0 Å². The van der Waals surface area contributed by atoms with E-state index in [9.17, 15) is 9.18 Å². The van der Waals surface area contributed by atoms with E-state index < -0.39 is 0 Å². The second kappa shape index (κ2) is 8.24. The van der Waals surface area contributed by atoms with Crippen LogP contribution in [-0.4, -0.2) is 51.3 Å². The molecule has 7 heteroatoms. The van der Waals surface area contributed by atoms with Gasteiger partial charge in [0.15, 0.2) is 0 Å². The monoisotopic (exact) mass is 434 g/mol. The van der Waals surface area contributed by atoms with Crippen LogP contribution in [0.3, 0.4) is 0 Å². The number of thiophene rings is 1. The van der Waals surface area contributed by atoms with E-state index >= 15 is 0 Å². The number of aryl methyl sites for hydroxylation is 1. The number of benzene rings is 1. The van der Waals surface area contributed by atoms with E-state index in [1.54, 1.807) is 17.4 Å². The Morgan fingerprint density at radius 1 is 1.03 bits per heavy atom. The van der Waals surface area contributed by atoms with Crippen molar-refractivity contribution in [1.82, 2.24) is 19.2 Å². The number of carbonyl (C=O) groups excluding carboxylic acids is 1. The van der Waals surface area contributed by atoms with Crippen molar-refractivity contribution < 1.29 is 9.18 Å². The summed E-state index contributed by atoms with van der Waals surface area (Å²) in [4.78, 5) is 23.8. The van der Waals surface area contributed by atoms with Gasteiger partial charge in [0.1, 0.15) is 17.2 Å². The van der Waals surface area contributed by atoms with Gasteiger partial charge in [0.2, 0.25) is 0 Å². The van der Waals surface area contributed by atoms with Crippen molar-refractivity contribution in [2.24, 2.45) is 0 Å². The summed E-state index contributed by atoms with van der Waals surface area (Å²) in [6.07, 6.45) is 1.83. The van der Waals surface area contributed by atoms with Gasteiger partial charge in [0.05, 0.1) is 0 Å². The predicted molar refractivity (Wildman–Crippen MR) is 121 cm³/mol. The molecule has 0 spiro atoms. The van der Waals surface area contributed by atoms with Gasteiger partial charge in [-0.3, -0.25) is 9.69 Å². The molecule has 1 aromatic carbocycles. The van der Waals surface area contributed by atoms with Crippen LogP contribution >= 0.6 is 11.3 Å². The maximum atomic E-state index is 14.0. The molecule has 4 heterocycles. The van der Waals surface area contributed by atoms with Crippen molar-refractivity contribution in [2.45, 2.75) is 13.5 Å². The molecule has 0 atom stereocenters. The number of pyridine rings is 1. The van der Waals surface area contributed by atoms with Gasteiger partial charge in [-0.05, 0) is 37.3 Å². The number of hydrogen-bond donors (Lipinski definition) is 0. The number of aromatic nitrogens is 2. The van der Waals surface area contributed by atoms with Crippen LogP contribution in [0.15, 0.2) is 60.8 Å². The number of fused-ring (bicyclic) bond motifs is 1. The van der Waals surface area contributed by atoms with Gasteiger partial charge in [-0.1, -0.05) is 24.3 Å². The van der Waals surface area contributed by atoms with E-state index in [1.807, 2.05) is 58.8 Å². The highest BCUT2D eigenvalue weighted by Crippen LogP contribution is 2.30. The summed E-state index contributed by atoms with van der Waals surface area (Å²) in [6, 6.07) is 16.8. The number of carbonyl (C=O) groups is 1. The fourth-order valence-corrected chi connectivity index (χ4v) is 5.09. The molecule has 4 aromatic rings. The van der Waals surface area contributed by atoms with Gasteiger partial charge in [0.25, 0.3) is 5.91 Å². The van der Waals surface area contributed by atoms with Crippen molar-refractivity contribution in [2.75, 3.05) is 26.2 Å². The number of imidazole rings is 1. The molecule has 1 saturated heterocycles. The Bertz CT molecular complexity index is 1240. The van der Waals surface area contributed by atoms with E-state index in [0.29, 0.717) is 24.3 Å². The summed E-state index contributed by atoms with van der Waals surface area (Å²) in [5, 5.41) is 0. The maximum absolute atomic E-state index is 14.0. The fraction of sp³-hybridized carbons (Fsp3) is 0.250. The molecule has 0 aliphatic carbocycles. The topological polar surface area (TPSA) is 40.9 Å². The summed E-state index contributed by atoms with van der Waals surface area (Å²) in [6.45, 7) is 5.79. The maximum Gasteiger partial charge on any atom is 0.274 e. The largest absolute Gasteiger partial charge is 0.335 e. The molecule has 0 radical (unpaired) electrons. The number of amides is 1. The lowest BCUT2D eigenvalue weighted by Gasteiger charge is -2.34. The molecular formula is C24H23FN4OS. The zero-order valence-corrected chi connectivity index (χ0v) is 18.1. The highest BCUT2D eigenvalue weighted by molar-refractivity contribution is 7.15. The van der Waals surface area contributed by atoms with Crippen LogP contribution in [0.5, 0.6) is 0 Å². The molecule has 1 amide bonds. The fourth-order valence-electron chi connectivity index (χ4n) is 4.01. The first kappa shape index (κ1) is 19.9. The summed E-state index contributed by atoms with van der Waals surface area (Å²) >= 11 is 1.63. The number of nitrogens with zero attached hydrogens (tertiary/aromatic N) is 4. The first-order chi connectivity index (χ1) is 15.1. The van der Waals surface area contributed by atoms with Crippen LogP contribution in [0, 0.1) is 12.7 Å². The minimum Gasteiger partial charge on any atom is -0.335 e. The molecule has 1 aliphatic heterocycles. The highest BCUT2D eigenvalue weighted by atomic mass is 32.1. The third kappa shape index (κ3) is 3.98. The second-order valence-corrected chi connectivity index (χ2v) is 9.00. The van der Waals surface area contributed by atoms with Crippen LogP contribution in [0.25, 0.3) is 16.1 Å². The average Bonchev–Trinajstić information content (AvgIpc) is 3.42. The number of rotatable bonds is 4. The van der Waals surface area contributed by atoms with E-state index in [4.69, 9.17) is 0 Å². The van der Waals surface area contributed by atoms with Crippen molar-refractivity contribution in [1.29, 1.82) is 0 Å². The van der Waals surface area contributed by atoms with E-state index in [-0.39, 0.29) is 11.7 Å². The van der Waals surface area contributed by atoms with Crippen LogP contribution < -0.4 is 0 Å². The minimum atomic E-state index is -0.190. The third-order valence-electron chi connectivity index (χ3n) is 5.75. The van der Waals surface area contributed by atoms with Crippen LogP contribution in [0.1, 0.15) is 21.1 Å². The molecule has 1 fully saturated rings. The minimum absolute atomic E-state index is 0.0132. The van der Waals surface area contributed by atoms with Gasteiger partial charge in [-0.15, -0.1) is 11.3 Å². The molecule has 5 nitrogen and oxygen atoms in total. The first-order valence-corrected chi connectivity index (χ1v) is 11.2. The molecule has 0 unspecified atom stereocenters. The van der Waals surface area contributed by atoms with Crippen molar-refractivity contribution in [3.8, 4) is 10.4 Å². The molecule has 0 saturated carbocycles. The Morgan fingerprint density at radius 3 is 2.61 bits per heavy atom. The summed E-state index contributed by atoms with van der Waals surface area (Å²) in [5.74, 6) is -0.203. The predicted octanol–water partition coefficient (Wildman–Crippen LogP) is 4.47. The Kier molecular flexibility index (Phi) is 5.29. The van der Waals surface area contributed by atoms with E-state index in [2.05, 4.69) is 16.0 Å². The second-order valence-electron chi connectivity index (χ2n) is 7.84. The van der Waals surface area contributed by atoms with Crippen molar-refractivity contribution in [3.05, 3.63) is 82.9 Å². The lowest BCUT2D eigenvalue weighted by atomic mass is 10.2. The summed E-state index contributed by atoms with van der Waals surface area (Å²) in [7, 11) is 0. The molecule has 0 N–H and O–H groups in total. The molecule has 3 aromatic heterocycles. The smallest absolute Gasteiger partial charge is 0.274 e. The third-order valence-corrected chi connectivity index (χ3v) is 6.86. The zero-order valence-electron chi connectivity index (χ0n) is 17.3. The number of piperazine rings is 1. The average molecular weight is 435 g/mol. The Balaban J connectivity index is 1.21. The van der Waals surface area contributed by atoms with Crippen LogP contribution in [-0.2, 0) is 6.54 Å². The lowest BCUT2D eigenvalue weighted by molar-refractivity contribution is 0.0624.